The van der Waals surface area contributed by atoms with Crippen molar-refractivity contribution in [2.24, 2.45) is 5.92 Å². The first-order chi connectivity index (χ1) is 9.05. The predicted octanol–water partition coefficient (Wildman–Crippen LogP) is 2.14. The van der Waals surface area contributed by atoms with Crippen LogP contribution in [0.5, 0.6) is 0 Å². The molecule has 0 aromatic heterocycles. The maximum absolute atomic E-state index is 12.5. The van der Waals surface area contributed by atoms with Gasteiger partial charge in [-0.15, -0.1) is 0 Å². The number of hydrogen-bond acceptors (Lipinski definition) is 3. The highest BCUT2D eigenvalue weighted by atomic mass is 16.5. The van der Waals surface area contributed by atoms with Gasteiger partial charge in [-0.3, -0.25) is 10.1 Å². The van der Waals surface area contributed by atoms with Crippen molar-refractivity contribution in [3.63, 3.8) is 0 Å². The van der Waals surface area contributed by atoms with Crippen LogP contribution >= 0.6 is 0 Å². The topological polar surface area (TPSA) is 41.6 Å². The first-order valence-electron chi connectivity index (χ1n) is 7.72. The number of nitrogens with zero attached hydrogens (tertiary/aromatic N) is 1. The van der Waals surface area contributed by atoms with Gasteiger partial charge in [0.2, 0.25) is 5.91 Å². The summed E-state index contributed by atoms with van der Waals surface area (Å²) in [5.41, 5.74) is -0.224. The molecule has 0 bridgehead atoms. The maximum Gasteiger partial charge on any atom is 0.244 e. The molecule has 1 unspecified atom stereocenters. The summed E-state index contributed by atoms with van der Waals surface area (Å²) in [6, 6.07) is 0. The first kappa shape index (κ1) is 14.8. The lowest BCUT2D eigenvalue weighted by molar-refractivity contribution is -0.133. The highest BCUT2D eigenvalue weighted by molar-refractivity contribution is 5.89. The van der Waals surface area contributed by atoms with Crippen LogP contribution in [0, 0.1) is 5.92 Å². The molecule has 2 fully saturated rings. The van der Waals surface area contributed by atoms with Gasteiger partial charge >= 0.3 is 0 Å². The van der Waals surface area contributed by atoms with E-state index in [0.29, 0.717) is 11.8 Å². The van der Waals surface area contributed by atoms with Crippen molar-refractivity contribution in [1.29, 1.82) is 0 Å². The number of carbonyl (C=O) groups excluding carboxylic acids is 1. The molecule has 4 heteroatoms. The van der Waals surface area contributed by atoms with Crippen LogP contribution in [0.3, 0.4) is 0 Å². The summed E-state index contributed by atoms with van der Waals surface area (Å²) < 4.78 is 5.58. The summed E-state index contributed by atoms with van der Waals surface area (Å²) in [6.07, 6.45) is 5.48. The van der Waals surface area contributed by atoms with E-state index in [4.69, 9.17) is 4.74 Å². The molecule has 1 N–H and O–H groups in total. The minimum absolute atomic E-state index is 0.177. The van der Waals surface area contributed by atoms with Crippen molar-refractivity contribution < 1.29 is 9.53 Å². The molecule has 2 aliphatic rings. The second-order valence-electron chi connectivity index (χ2n) is 6.43. The average Bonchev–Trinajstić information content (AvgIpc) is 2.89. The normalized spacial score (nSPS) is 26.0. The maximum atomic E-state index is 12.5. The number of amides is 1. The third kappa shape index (κ3) is 3.29. The first-order valence-corrected chi connectivity index (χ1v) is 7.72. The summed E-state index contributed by atoms with van der Waals surface area (Å²) in [4.78, 5) is 14.5. The van der Waals surface area contributed by atoms with Gasteiger partial charge in [0.25, 0.3) is 0 Å². The smallest absolute Gasteiger partial charge is 0.244 e. The molecule has 1 spiro atoms. The highest BCUT2D eigenvalue weighted by Crippen LogP contribution is 2.36. The van der Waals surface area contributed by atoms with E-state index < -0.39 is 0 Å². The zero-order valence-electron chi connectivity index (χ0n) is 12.6. The van der Waals surface area contributed by atoms with Crippen LogP contribution in [-0.4, -0.2) is 42.3 Å². The fourth-order valence-electron chi connectivity index (χ4n) is 3.28. The van der Waals surface area contributed by atoms with Crippen molar-refractivity contribution in [1.82, 2.24) is 10.2 Å². The van der Waals surface area contributed by atoms with Gasteiger partial charge in [0, 0.05) is 19.8 Å². The van der Waals surface area contributed by atoms with Crippen molar-refractivity contribution >= 4 is 5.91 Å². The fourth-order valence-corrected chi connectivity index (χ4v) is 3.28. The summed E-state index contributed by atoms with van der Waals surface area (Å²) in [5, 5.41) is 3.52. The second-order valence-corrected chi connectivity index (χ2v) is 6.43. The molecule has 1 aliphatic heterocycles. The molecule has 2 rings (SSSR count). The third-order valence-corrected chi connectivity index (χ3v) is 4.22. The molecular formula is C15H28N2O2. The third-order valence-electron chi connectivity index (χ3n) is 4.22. The van der Waals surface area contributed by atoms with E-state index in [2.05, 4.69) is 26.1 Å². The lowest BCUT2D eigenvalue weighted by Gasteiger charge is -2.22. The molecule has 19 heavy (non-hydrogen) atoms. The monoisotopic (exact) mass is 268 g/mol. The van der Waals surface area contributed by atoms with Gasteiger partial charge in [0.05, 0.1) is 11.7 Å². The predicted molar refractivity (Wildman–Crippen MR) is 75.8 cm³/mol. The molecule has 1 aliphatic carbocycles. The molecule has 1 atom stereocenters. The van der Waals surface area contributed by atoms with Crippen molar-refractivity contribution in [3.8, 4) is 0 Å². The lowest BCUT2D eigenvalue weighted by Crippen LogP contribution is -2.44. The van der Waals surface area contributed by atoms with E-state index >= 15 is 0 Å². The quantitative estimate of drug-likeness (QED) is 0.750. The molecule has 110 valence electrons. The SMILES string of the molecule is CC(C)COCCCN1C(=O)C2(CCCC2)NC1C. The van der Waals surface area contributed by atoms with Crippen LogP contribution < -0.4 is 5.32 Å². The Labute approximate surface area is 116 Å². The van der Waals surface area contributed by atoms with Gasteiger partial charge < -0.3 is 9.64 Å². The Kier molecular flexibility index (Phi) is 4.85. The zero-order valence-corrected chi connectivity index (χ0v) is 12.6. The molecule has 1 amide bonds. The Bertz CT molecular complexity index is 311. The second kappa shape index (κ2) is 6.23. The van der Waals surface area contributed by atoms with Gasteiger partial charge in [0.1, 0.15) is 0 Å². The van der Waals surface area contributed by atoms with Crippen molar-refractivity contribution in [2.45, 2.75) is 64.6 Å². The van der Waals surface area contributed by atoms with Crippen molar-refractivity contribution in [3.05, 3.63) is 0 Å². The van der Waals surface area contributed by atoms with Gasteiger partial charge in [0.15, 0.2) is 0 Å². The molecule has 4 nitrogen and oxygen atoms in total. The van der Waals surface area contributed by atoms with E-state index in [-0.39, 0.29) is 11.7 Å². The Balaban J connectivity index is 1.76. The van der Waals surface area contributed by atoms with Crippen LogP contribution in [0.15, 0.2) is 0 Å². The summed E-state index contributed by atoms with van der Waals surface area (Å²) in [7, 11) is 0. The van der Waals surface area contributed by atoms with Gasteiger partial charge in [-0.05, 0) is 32.1 Å². The van der Waals surface area contributed by atoms with E-state index in [1.54, 1.807) is 0 Å². The van der Waals surface area contributed by atoms with Gasteiger partial charge in [-0.25, -0.2) is 0 Å². The fraction of sp³-hybridized carbons (Fsp3) is 0.933. The lowest BCUT2D eigenvalue weighted by atomic mass is 9.98. The Morgan fingerprint density at radius 3 is 2.74 bits per heavy atom. The standard InChI is InChI=1S/C15H28N2O2/c1-12(2)11-19-10-6-9-17-13(3)16-15(14(17)18)7-4-5-8-15/h12-13,16H,4-11H2,1-3H3. The zero-order chi connectivity index (χ0) is 13.9. The summed E-state index contributed by atoms with van der Waals surface area (Å²) >= 11 is 0. The van der Waals surface area contributed by atoms with Gasteiger partial charge in [-0.1, -0.05) is 26.7 Å². The van der Waals surface area contributed by atoms with E-state index in [1.807, 2.05) is 4.90 Å². The largest absolute Gasteiger partial charge is 0.381 e. The minimum Gasteiger partial charge on any atom is -0.381 e. The summed E-state index contributed by atoms with van der Waals surface area (Å²) in [5.74, 6) is 0.900. The van der Waals surface area contributed by atoms with Crippen LogP contribution in [0.4, 0.5) is 0 Å². The van der Waals surface area contributed by atoms with Crippen molar-refractivity contribution in [2.75, 3.05) is 19.8 Å². The van der Waals surface area contributed by atoms with E-state index in [9.17, 15) is 4.79 Å². The Hall–Kier alpha value is -0.610. The molecule has 1 saturated heterocycles. The number of rotatable bonds is 6. The molecular weight excluding hydrogens is 240 g/mol. The molecule has 1 saturated carbocycles. The molecule has 1 heterocycles. The minimum atomic E-state index is -0.224. The molecule has 0 aromatic carbocycles. The van der Waals surface area contributed by atoms with Crippen LogP contribution in [0.2, 0.25) is 0 Å². The van der Waals surface area contributed by atoms with Crippen LogP contribution in [0.25, 0.3) is 0 Å². The average molecular weight is 268 g/mol. The van der Waals surface area contributed by atoms with Gasteiger partial charge in [-0.2, -0.15) is 0 Å². The van der Waals surface area contributed by atoms with E-state index in [1.165, 1.54) is 12.8 Å². The van der Waals surface area contributed by atoms with Crippen LogP contribution in [0.1, 0.15) is 52.9 Å². The Morgan fingerprint density at radius 2 is 2.11 bits per heavy atom. The Morgan fingerprint density at radius 1 is 1.42 bits per heavy atom. The number of ether oxygens (including phenoxy) is 1. The summed E-state index contributed by atoms with van der Waals surface area (Å²) in [6.45, 7) is 8.78. The number of hydrogen-bond donors (Lipinski definition) is 1. The van der Waals surface area contributed by atoms with Crippen LogP contribution in [-0.2, 0) is 9.53 Å². The molecule has 0 aromatic rings. The number of nitrogens with one attached hydrogen (secondary N) is 1. The molecule has 0 radical (unpaired) electrons. The number of carbonyl (C=O) groups is 1. The van der Waals surface area contributed by atoms with E-state index in [0.717, 1.165) is 39.0 Å². The highest BCUT2D eigenvalue weighted by Gasteiger charge is 2.50.